The van der Waals surface area contributed by atoms with Gasteiger partial charge in [0.05, 0.1) is 127 Å². The summed E-state index contributed by atoms with van der Waals surface area (Å²) in [6.07, 6.45) is 10.4. The summed E-state index contributed by atoms with van der Waals surface area (Å²) in [5, 5.41) is 19.9. The predicted octanol–water partition coefficient (Wildman–Crippen LogP) is 10.5. The number of carbonyl (C=O) groups is 3. The van der Waals surface area contributed by atoms with Crippen LogP contribution in [0.2, 0.25) is 0 Å². The molecule has 2 aliphatic rings. The van der Waals surface area contributed by atoms with Gasteiger partial charge in [-0.3, -0.25) is 20.4 Å². The predicted molar refractivity (Wildman–Crippen MR) is 364 cm³/mol. The second-order valence-corrected chi connectivity index (χ2v) is 20.5. The number of anilines is 3. The molecule has 24 nitrogen and oxygen atoms in total. The molecule has 4 amide bonds. The molecule has 5 N–H and O–H groups in total. The molecule has 24 heteroatoms. The van der Waals surface area contributed by atoms with Crippen LogP contribution in [0.3, 0.4) is 0 Å². The van der Waals surface area contributed by atoms with Gasteiger partial charge in [-0.1, -0.05) is 54.7 Å². The Morgan fingerprint density at radius 1 is 0.404 bits per heavy atom. The molecular formula is C70H88N6O18. The lowest BCUT2D eigenvalue weighted by Gasteiger charge is -2.26. The number of ether oxygens (including phenoxy) is 14. The average molecular weight is 1300 g/mol. The van der Waals surface area contributed by atoms with Crippen LogP contribution in [-0.2, 0) is 23.7 Å². The smallest absolute Gasteiger partial charge is 0.411 e. The Balaban J connectivity index is 0.000000224. The lowest BCUT2D eigenvalue weighted by molar-refractivity contribution is 0.0290. The minimum absolute atomic E-state index is 0.0748. The van der Waals surface area contributed by atoms with Crippen molar-refractivity contribution in [2.45, 2.75) is 0 Å². The van der Waals surface area contributed by atoms with Crippen molar-refractivity contribution in [2.24, 2.45) is 0 Å². The van der Waals surface area contributed by atoms with Gasteiger partial charge in [0.2, 0.25) is 0 Å². The van der Waals surface area contributed by atoms with Gasteiger partial charge in [-0.2, -0.15) is 0 Å². The molecule has 0 saturated carbocycles. The molecule has 0 aliphatic carbocycles. The standard InChI is InChI=1S/C24H31N3O5.C24H30N2O6.C22H27NO7/c1-29-20-14-19(15-21(17-20)30-2)5-4-18-6-7-23(31-3)22(16-18)26-24(28)25-8-9-27-10-12-32-13-11-27;1-28-20-14-19(15-21(17-20)29-2)5-4-18-6-7-23(30-3)22(16-18)25-24(27)32-13-10-26-8-11-31-12-9-26;1-26-18-12-17(13-19(15-18)27-2)5-4-16-6-7-21(28-3)20(14-16)23-22(25)30-11-10-29-9-8-24/h4-7,14-17H,8-13H2,1-3H3,(H2,25,26,28);4-7,14-17H,8-13H2,1-3H3,(H,25,27);4-7,12-15,24H,8-11H2,1-3H3,(H,23,25)/b3*5-4-. The van der Waals surface area contributed by atoms with E-state index >= 15 is 0 Å². The van der Waals surface area contributed by atoms with E-state index in [0.717, 1.165) is 90.8 Å². The molecule has 506 valence electrons. The number of morpholine rings is 2. The molecule has 6 aromatic carbocycles. The number of amides is 4. The van der Waals surface area contributed by atoms with Crippen LogP contribution in [0.5, 0.6) is 51.7 Å². The van der Waals surface area contributed by atoms with Crippen LogP contribution in [-0.4, -0.2) is 202 Å². The van der Waals surface area contributed by atoms with Gasteiger partial charge in [0.15, 0.2) is 0 Å². The molecule has 0 bridgehead atoms. The molecule has 0 atom stereocenters. The van der Waals surface area contributed by atoms with Crippen molar-refractivity contribution in [3.05, 3.63) is 143 Å². The van der Waals surface area contributed by atoms with E-state index < -0.39 is 12.2 Å². The van der Waals surface area contributed by atoms with Crippen molar-refractivity contribution in [2.75, 3.05) is 185 Å². The number of aliphatic hydroxyl groups excluding tert-OH is 1. The van der Waals surface area contributed by atoms with Crippen molar-refractivity contribution in [1.29, 1.82) is 0 Å². The number of carbonyl (C=O) groups excluding carboxylic acids is 3. The molecule has 0 unspecified atom stereocenters. The van der Waals surface area contributed by atoms with Gasteiger partial charge in [-0.15, -0.1) is 0 Å². The summed E-state index contributed by atoms with van der Waals surface area (Å²) in [5.74, 6) is 5.88. The van der Waals surface area contributed by atoms with Crippen molar-refractivity contribution >= 4 is 71.7 Å². The minimum Gasteiger partial charge on any atom is -0.497 e. The molecule has 0 radical (unpaired) electrons. The Bertz CT molecular complexity index is 3190. The molecule has 0 aromatic heterocycles. The third-order valence-corrected chi connectivity index (χ3v) is 14.2. The Morgan fingerprint density at radius 2 is 0.745 bits per heavy atom. The van der Waals surface area contributed by atoms with E-state index in [0.29, 0.717) is 90.2 Å². The quantitative estimate of drug-likeness (QED) is 0.0216. The average Bonchev–Trinajstić information content (AvgIpc) is 1.90. The highest BCUT2D eigenvalue weighted by molar-refractivity contribution is 5.92. The van der Waals surface area contributed by atoms with Crippen LogP contribution in [0.15, 0.2) is 109 Å². The lowest BCUT2D eigenvalue weighted by Crippen LogP contribution is -2.42. The first-order valence-corrected chi connectivity index (χ1v) is 30.3. The highest BCUT2D eigenvalue weighted by Gasteiger charge is 2.16. The lowest BCUT2D eigenvalue weighted by atomic mass is 10.1. The molecule has 8 rings (SSSR count). The van der Waals surface area contributed by atoms with E-state index in [1.165, 1.54) is 7.11 Å². The summed E-state index contributed by atoms with van der Waals surface area (Å²) in [7, 11) is 14.3. The Kier molecular flexibility index (Phi) is 32.0. The zero-order valence-electron chi connectivity index (χ0n) is 55.0. The number of benzene rings is 6. The van der Waals surface area contributed by atoms with Crippen molar-refractivity contribution in [3.63, 3.8) is 0 Å². The van der Waals surface area contributed by atoms with Gasteiger partial charge in [-0.25, -0.2) is 14.4 Å². The van der Waals surface area contributed by atoms with E-state index in [2.05, 4.69) is 31.1 Å². The van der Waals surface area contributed by atoms with Crippen LogP contribution in [0, 0.1) is 0 Å². The van der Waals surface area contributed by atoms with E-state index in [4.69, 9.17) is 71.4 Å². The Labute approximate surface area is 550 Å². The molecule has 2 aliphatic heterocycles. The van der Waals surface area contributed by atoms with E-state index in [1.54, 1.807) is 81.1 Å². The van der Waals surface area contributed by atoms with Gasteiger partial charge < -0.3 is 82.1 Å². The maximum absolute atomic E-state index is 12.4. The third kappa shape index (κ3) is 25.8. The van der Waals surface area contributed by atoms with Gasteiger partial charge in [0, 0.05) is 64.0 Å². The fourth-order valence-corrected chi connectivity index (χ4v) is 9.20. The number of hydrogen-bond acceptors (Lipinski definition) is 20. The Morgan fingerprint density at radius 3 is 1.10 bits per heavy atom. The van der Waals surface area contributed by atoms with Crippen LogP contribution in [0.25, 0.3) is 36.5 Å². The SMILES string of the molecule is COc1cc(/C=C\c2ccc(OC)c(NC(=O)NCCN3CCOCC3)c2)cc(OC)c1.COc1cc(/C=C\c2ccc(OC)c(NC(=O)OCCN3CCOCC3)c2)cc(OC)c1.COc1cc(/C=C\c2ccc(OC)c(NC(=O)OCCOCCO)c2)cc(OC)c1. The summed E-state index contributed by atoms with van der Waals surface area (Å²) < 4.78 is 74.0. The fourth-order valence-electron chi connectivity index (χ4n) is 9.20. The Hall–Kier alpha value is -9.69. The van der Waals surface area contributed by atoms with Crippen molar-refractivity contribution in [1.82, 2.24) is 15.1 Å². The number of urea groups is 1. The maximum atomic E-state index is 12.4. The first-order chi connectivity index (χ1) is 45.8. The summed E-state index contributed by atoms with van der Waals surface area (Å²) in [4.78, 5) is 41.1. The van der Waals surface area contributed by atoms with E-state index in [1.807, 2.05) is 121 Å². The first kappa shape index (κ1) is 73.4. The van der Waals surface area contributed by atoms with E-state index in [-0.39, 0.29) is 32.5 Å². The highest BCUT2D eigenvalue weighted by atomic mass is 16.6. The summed E-state index contributed by atoms with van der Waals surface area (Å²) in [5.41, 5.74) is 7.02. The summed E-state index contributed by atoms with van der Waals surface area (Å²) in [6.45, 7) is 9.16. The molecule has 2 fully saturated rings. The molecule has 2 saturated heterocycles. The number of hydrogen-bond donors (Lipinski definition) is 5. The third-order valence-electron chi connectivity index (χ3n) is 14.2. The molecular weight excluding hydrogens is 1210 g/mol. The van der Waals surface area contributed by atoms with Gasteiger partial charge >= 0.3 is 18.2 Å². The van der Waals surface area contributed by atoms with Gasteiger partial charge in [0.25, 0.3) is 0 Å². The second-order valence-electron chi connectivity index (χ2n) is 20.5. The van der Waals surface area contributed by atoms with Crippen molar-refractivity contribution < 1.29 is 85.8 Å². The minimum atomic E-state index is -0.625. The van der Waals surface area contributed by atoms with Crippen LogP contribution in [0.1, 0.15) is 33.4 Å². The zero-order chi connectivity index (χ0) is 67.3. The number of methoxy groups -OCH3 is 9. The van der Waals surface area contributed by atoms with Crippen molar-refractivity contribution in [3.8, 4) is 51.7 Å². The summed E-state index contributed by atoms with van der Waals surface area (Å²) in [6, 6.07) is 33.2. The normalized spacial score (nSPS) is 13.1. The number of aliphatic hydroxyl groups is 1. The molecule has 6 aromatic rings. The fraction of sp³-hybridized carbons (Fsp3) is 0.357. The topological polar surface area (TPSA) is 255 Å². The monoisotopic (exact) mass is 1300 g/mol. The highest BCUT2D eigenvalue weighted by Crippen LogP contribution is 2.32. The molecule has 2 heterocycles. The number of nitrogens with one attached hydrogen (secondary N) is 4. The second kappa shape index (κ2) is 41.0. The van der Waals surface area contributed by atoms with Crippen LogP contribution in [0.4, 0.5) is 31.4 Å². The van der Waals surface area contributed by atoms with E-state index in [9.17, 15) is 14.4 Å². The van der Waals surface area contributed by atoms with Crippen LogP contribution >= 0.6 is 0 Å². The zero-order valence-corrected chi connectivity index (χ0v) is 55.0. The van der Waals surface area contributed by atoms with Gasteiger partial charge in [0.1, 0.15) is 65.0 Å². The maximum Gasteiger partial charge on any atom is 0.411 e. The first-order valence-electron chi connectivity index (χ1n) is 30.3. The largest absolute Gasteiger partial charge is 0.497 e. The van der Waals surface area contributed by atoms with Crippen LogP contribution < -0.4 is 63.9 Å². The summed E-state index contributed by atoms with van der Waals surface area (Å²) >= 11 is 0. The van der Waals surface area contributed by atoms with Gasteiger partial charge in [-0.05, 0) is 106 Å². The molecule has 94 heavy (non-hydrogen) atoms. The molecule has 0 spiro atoms. The number of nitrogens with zero attached hydrogens (tertiary/aromatic N) is 2. The number of rotatable bonds is 29.